The highest BCUT2D eigenvalue weighted by Crippen LogP contribution is 2.12. The highest BCUT2D eigenvalue weighted by Gasteiger charge is 1.98. The number of aromatic amines is 1. The number of aliphatic hydroxyl groups is 1. The summed E-state index contributed by atoms with van der Waals surface area (Å²) in [6, 6.07) is 10.4. The molecule has 0 atom stereocenters. The second-order valence-electron chi connectivity index (χ2n) is 3.21. The summed E-state index contributed by atoms with van der Waals surface area (Å²) in [5.74, 6) is 0.392. The van der Waals surface area contributed by atoms with E-state index >= 15 is 0 Å². The predicted octanol–water partition coefficient (Wildman–Crippen LogP) is 1.83. The average Bonchev–Trinajstić information content (AvgIpc) is 2.30. The minimum absolute atomic E-state index is 0.0648. The first kappa shape index (κ1) is 10.2. The van der Waals surface area contributed by atoms with Crippen LogP contribution in [0.15, 0.2) is 47.4 Å². The minimum Gasteiger partial charge on any atom is -0.507 e. The first-order valence-corrected chi connectivity index (χ1v) is 4.77. The quantitative estimate of drug-likeness (QED) is 0.749. The van der Waals surface area contributed by atoms with Crippen molar-refractivity contribution >= 4 is 11.8 Å². The van der Waals surface area contributed by atoms with Crippen molar-refractivity contribution in [3.8, 4) is 0 Å². The number of aromatic nitrogens is 2. The van der Waals surface area contributed by atoms with Gasteiger partial charge in [0.2, 0.25) is 0 Å². The molecule has 0 unspecified atom stereocenters. The Labute approximate surface area is 91.9 Å². The highest BCUT2D eigenvalue weighted by molar-refractivity contribution is 5.73. The standard InChI is InChI=1S/C12H10N2O2/c15-10(9-4-2-1-3-5-9)8-11-13-7-6-12(16)14-11/h1-8,15H,(H,13,14,16)/b10-8-. The normalized spacial score (nSPS) is 11.4. The number of hydrogen-bond donors (Lipinski definition) is 2. The van der Waals surface area contributed by atoms with Crippen LogP contribution in [0.25, 0.3) is 11.8 Å². The van der Waals surface area contributed by atoms with Gasteiger partial charge in [0.15, 0.2) is 0 Å². The van der Waals surface area contributed by atoms with Crippen molar-refractivity contribution in [2.24, 2.45) is 0 Å². The summed E-state index contributed by atoms with van der Waals surface area (Å²) in [6.45, 7) is 0. The Morgan fingerprint density at radius 1 is 1.25 bits per heavy atom. The molecule has 4 nitrogen and oxygen atoms in total. The summed E-state index contributed by atoms with van der Waals surface area (Å²) in [7, 11) is 0. The molecule has 2 rings (SSSR count). The summed E-state index contributed by atoms with van der Waals surface area (Å²) in [5.41, 5.74) is 0.427. The van der Waals surface area contributed by atoms with E-state index in [-0.39, 0.29) is 11.3 Å². The van der Waals surface area contributed by atoms with Crippen molar-refractivity contribution in [3.05, 3.63) is 64.3 Å². The summed E-state index contributed by atoms with van der Waals surface area (Å²) < 4.78 is 0. The van der Waals surface area contributed by atoms with Gasteiger partial charge in [-0.2, -0.15) is 0 Å². The fraction of sp³-hybridized carbons (Fsp3) is 0. The zero-order chi connectivity index (χ0) is 11.4. The van der Waals surface area contributed by atoms with E-state index in [9.17, 15) is 9.90 Å². The van der Waals surface area contributed by atoms with E-state index < -0.39 is 0 Å². The van der Waals surface area contributed by atoms with Crippen LogP contribution in [-0.2, 0) is 0 Å². The Morgan fingerprint density at radius 2 is 2.00 bits per heavy atom. The molecule has 1 aromatic heterocycles. The van der Waals surface area contributed by atoms with Gasteiger partial charge in [-0.05, 0) is 0 Å². The summed E-state index contributed by atoms with van der Waals surface area (Å²) in [6.07, 6.45) is 2.81. The van der Waals surface area contributed by atoms with Crippen molar-refractivity contribution < 1.29 is 5.11 Å². The first-order chi connectivity index (χ1) is 7.75. The topological polar surface area (TPSA) is 66.0 Å². The van der Waals surface area contributed by atoms with Crippen LogP contribution in [0.4, 0.5) is 0 Å². The molecular formula is C12H10N2O2. The van der Waals surface area contributed by atoms with E-state index in [1.807, 2.05) is 18.2 Å². The largest absolute Gasteiger partial charge is 0.507 e. The third-order valence-corrected chi connectivity index (χ3v) is 2.03. The molecule has 80 valence electrons. The molecule has 2 N–H and O–H groups in total. The molecule has 0 amide bonds. The van der Waals surface area contributed by atoms with Crippen LogP contribution in [-0.4, -0.2) is 15.1 Å². The lowest BCUT2D eigenvalue weighted by Gasteiger charge is -1.99. The molecule has 0 saturated heterocycles. The molecule has 2 aromatic rings. The van der Waals surface area contributed by atoms with E-state index in [1.165, 1.54) is 18.3 Å². The highest BCUT2D eigenvalue weighted by atomic mass is 16.3. The smallest absolute Gasteiger partial charge is 0.251 e. The van der Waals surface area contributed by atoms with E-state index in [4.69, 9.17) is 0 Å². The fourth-order valence-corrected chi connectivity index (χ4v) is 1.28. The Kier molecular flexibility index (Phi) is 2.82. The molecule has 4 heteroatoms. The van der Waals surface area contributed by atoms with Gasteiger partial charge in [0.1, 0.15) is 11.6 Å². The molecule has 0 fully saturated rings. The zero-order valence-electron chi connectivity index (χ0n) is 8.42. The molecule has 0 bridgehead atoms. The Balaban J connectivity index is 2.35. The van der Waals surface area contributed by atoms with Crippen LogP contribution >= 0.6 is 0 Å². The minimum atomic E-state index is -0.248. The Hall–Kier alpha value is -2.36. The SMILES string of the molecule is O=c1ccnc(/C=C(\O)c2ccccc2)[nH]1. The van der Waals surface area contributed by atoms with Gasteiger partial charge in [0.25, 0.3) is 5.56 Å². The van der Waals surface area contributed by atoms with E-state index in [2.05, 4.69) is 9.97 Å². The van der Waals surface area contributed by atoms with E-state index in [1.54, 1.807) is 12.1 Å². The molecule has 1 aromatic carbocycles. The van der Waals surface area contributed by atoms with Crippen LogP contribution in [0.2, 0.25) is 0 Å². The van der Waals surface area contributed by atoms with E-state index in [0.29, 0.717) is 11.4 Å². The van der Waals surface area contributed by atoms with Gasteiger partial charge in [-0.25, -0.2) is 4.98 Å². The van der Waals surface area contributed by atoms with Crippen molar-refractivity contribution in [1.29, 1.82) is 0 Å². The summed E-state index contributed by atoms with van der Waals surface area (Å²) in [4.78, 5) is 17.4. The molecule has 0 aliphatic rings. The Bertz CT molecular complexity index is 558. The lowest BCUT2D eigenvalue weighted by Crippen LogP contribution is -2.06. The maximum Gasteiger partial charge on any atom is 0.251 e. The van der Waals surface area contributed by atoms with Crippen molar-refractivity contribution in [2.75, 3.05) is 0 Å². The van der Waals surface area contributed by atoms with Crippen LogP contribution in [0, 0.1) is 0 Å². The van der Waals surface area contributed by atoms with Crippen molar-refractivity contribution in [1.82, 2.24) is 9.97 Å². The number of rotatable bonds is 2. The van der Waals surface area contributed by atoms with Gasteiger partial charge in [-0.1, -0.05) is 30.3 Å². The van der Waals surface area contributed by atoms with Gasteiger partial charge in [-0.3, -0.25) is 4.79 Å². The molecule has 1 heterocycles. The third kappa shape index (κ3) is 2.36. The maximum absolute atomic E-state index is 11.0. The van der Waals surface area contributed by atoms with Gasteiger partial charge >= 0.3 is 0 Å². The number of nitrogens with zero attached hydrogens (tertiary/aromatic N) is 1. The molecule has 0 spiro atoms. The van der Waals surface area contributed by atoms with Crippen LogP contribution in [0.3, 0.4) is 0 Å². The van der Waals surface area contributed by atoms with Crippen LogP contribution in [0.5, 0.6) is 0 Å². The van der Waals surface area contributed by atoms with E-state index in [0.717, 1.165) is 0 Å². The molecule has 0 aliphatic carbocycles. The number of nitrogens with one attached hydrogen (secondary N) is 1. The fourth-order valence-electron chi connectivity index (χ4n) is 1.28. The Morgan fingerprint density at radius 3 is 2.69 bits per heavy atom. The number of hydrogen-bond acceptors (Lipinski definition) is 3. The van der Waals surface area contributed by atoms with Crippen molar-refractivity contribution in [3.63, 3.8) is 0 Å². The number of aliphatic hydroxyl groups excluding tert-OH is 1. The second kappa shape index (κ2) is 4.44. The van der Waals surface area contributed by atoms with Crippen molar-refractivity contribution in [2.45, 2.75) is 0 Å². The molecule has 16 heavy (non-hydrogen) atoms. The molecule has 0 radical (unpaired) electrons. The number of H-pyrrole nitrogens is 1. The molecular weight excluding hydrogens is 204 g/mol. The van der Waals surface area contributed by atoms with Crippen LogP contribution in [0.1, 0.15) is 11.4 Å². The van der Waals surface area contributed by atoms with Gasteiger partial charge in [0, 0.05) is 23.9 Å². The maximum atomic E-state index is 11.0. The first-order valence-electron chi connectivity index (χ1n) is 4.77. The molecule has 0 aliphatic heterocycles. The zero-order valence-corrected chi connectivity index (χ0v) is 8.42. The second-order valence-corrected chi connectivity index (χ2v) is 3.21. The predicted molar refractivity (Wildman–Crippen MR) is 61.8 cm³/mol. The monoisotopic (exact) mass is 214 g/mol. The van der Waals surface area contributed by atoms with Gasteiger partial charge < -0.3 is 10.1 Å². The lowest BCUT2D eigenvalue weighted by atomic mass is 10.2. The van der Waals surface area contributed by atoms with Gasteiger partial charge in [-0.15, -0.1) is 0 Å². The third-order valence-electron chi connectivity index (χ3n) is 2.03. The number of benzene rings is 1. The molecule has 0 saturated carbocycles. The lowest BCUT2D eigenvalue weighted by molar-refractivity contribution is 0.515. The summed E-state index contributed by atoms with van der Waals surface area (Å²) in [5, 5.41) is 9.76. The van der Waals surface area contributed by atoms with Gasteiger partial charge in [0.05, 0.1) is 0 Å². The average molecular weight is 214 g/mol. The van der Waals surface area contributed by atoms with Crippen LogP contribution < -0.4 is 5.56 Å². The summed E-state index contributed by atoms with van der Waals surface area (Å²) >= 11 is 0.